The predicted octanol–water partition coefficient (Wildman–Crippen LogP) is 2.14. The number of carbonyl (C=O) groups is 3. The summed E-state index contributed by atoms with van der Waals surface area (Å²) in [5, 5.41) is 14.3. The number of ether oxygens (including phenoxy) is 7. The quantitative estimate of drug-likeness (QED) is 0.101. The Bertz CT molecular complexity index is 2290. The largest absolute Gasteiger partial charge is 0.460 e. The Morgan fingerprint density at radius 3 is 2.70 bits per heavy atom. The van der Waals surface area contributed by atoms with Crippen LogP contribution >= 0.6 is 0 Å². The molecule has 0 bridgehead atoms. The number of hydrogen-bond donors (Lipinski definition) is 3. The van der Waals surface area contributed by atoms with Crippen LogP contribution in [0.1, 0.15) is 53.5 Å². The Balaban J connectivity index is 1.03. The van der Waals surface area contributed by atoms with Crippen molar-refractivity contribution in [1.29, 1.82) is 0 Å². The highest BCUT2D eigenvalue weighted by Crippen LogP contribution is 2.43. The van der Waals surface area contributed by atoms with E-state index in [1.807, 2.05) is 25.1 Å². The average molecular weight is 741 g/mol. The molecule has 6 atom stereocenters. The number of esters is 1. The number of aldehydes is 1. The molecule has 2 aromatic carbocycles. The van der Waals surface area contributed by atoms with Crippen LogP contribution < -0.4 is 30.8 Å². The topological polar surface area (TPSA) is 212 Å². The number of hydrogen-bond acceptors (Lipinski definition) is 14. The maximum atomic E-state index is 13.9. The SMILES string of the molecule is CCC1C(=O)OCc2c1cc1n(c2=O)Cc2c-1nc1cc3c(cc1c2COCc1ccc(OC2OC(C=O)C4OC4C2O)c(NC(=O)CCN)c1)OCO3. The monoisotopic (exact) mass is 740 g/mol. The van der Waals surface area contributed by atoms with Gasteiger partial charge in [0.2, 0.25) is 19.0 Å². The fraction of sp³-hybridized carbons (Fsp3) is 0.395. The second-order valence-corrected chi connectivity index (χ2v) is 13.8. The Morgan fingerprint density at radius 1 is 1.07 bits per heavy atom. The molecule has 5 aliphatic heterocycles. The van der Waals surface area contributed by atoms with Crippen LogP contribution in [0.15, 0.2) is 41.2 Å². The average Bonchev–Trinajstić information content (AvgIpc) is 3.70. The summed E-state index contributed by atoms with van der Waals surface area (Å²) in [6, 6.07) is 10.6. The predicted molar refractivity (Wildman–Crippen MR) is 187 cm³/mol. The molecule has 4 aromatic rings. The first-order chi connectivity index (χ1) is 26.3. The van der Waals surface area contributed by atoms with Gasteiger partial charge in [-0.25, -0.2) is 4.98 Å². The van der Waals surface area contributed by atoms with E-state index in [0.717, 1.165) is 16.5 Å². The van der Waals surface area contributed by atoms with E-state index in [1.165, 1.54) is 0 Å². The zero-order chi connectivity index (χ0) is 37.2. The molecule has 0 spiro atoms. The van der Waals surface area contributed by atoms with Crippen molar-refractivity contribution in [3.8, 4) is 28.6 Å². The van der Waals surface area contributed by atoms with Crippen LogP contribution in [-0.2, 0) is 59.7 Å². The van der Waals surface area contributed by atoms with Crippen LogP contribution in [0, 0.1) is 0 Å². The normalized spacial score (nSPS) is 24.2. The molecule has 5 aliphatic rings. The number of aliphatic hydroxyl groups excluding tert-OH is 1. The van der Waals surface area contributed by atoms with E-state index in [9.17, 15) is 24.3 Å². The molecule has 7 heterocycles. The van der Waals surface area contributed by atoms with Gasteiger partial charge in [0.25, 0.3) is 5.56 Å². The molecule has 0 saturated carbocycles. The standard InChI is InChI=1S/C38H36N4O12/c1-2-18-19-8-26-32-21(11-42(26)36(46)23(19)15-49-37(18)47)22(20-9-28-29(51-16-50-28)10-24(20)41-32)14-48-13-17-3-4-27(25(7-17)40-31(44)5-6-39)52-38-33(45)35-34(54-35)30(12-43)53-38/h3-4,7-10,12,18,30,33-35,38,45H,2,5-6,11,13-16,39H2,1H3,(H,40,44). The summed E-state index contributed by atoms with van der Waals surface area (Å²) in [5.74, 6) is 0.0915. The molecule has 6 unspecified atom stereocenters. The van der Waals surface area contributed by atoms with Crippen LogP contribution in [0.2, 0.25) is 0 Å². The minimum Gasteiger partial charge on any atom is -0.460 e. The maximum Gasteiger partial charge on any atom is 0.313 e. The third-order valence-corrected chi connectivity index (χ3v) is 10.5. The van der Waals surface area contributed by atoms with Crippen LogP contribution in [0.3, 0.4) is 0 Å². The number of anilines is 1. The van der Waals surface area contributed by atoms with Crippen LogP contribution in [-0.4, -0.2) is 76.9 Å². The summed E-state index contributed by atoms with van der Waals surface area (Å²) in [7, 11) is 0. The molecule has 2 aromatic heterocycles. The number of aromatic nitrogens is 2. The molecular formula is C38H36N4O12. The van der Waals surface area contributed by atoms with Crippen molar-refractivity contribution in [3.05, 3.63) is 74.6 Å². The molecule has 0 aliphatic carbocycles. The summed E-state index contributed by atoms with van der Waals surface area (Å²) >= 11 is 0. The van der Waals surface area contributed by atoms with Gasteiger partial charge in [-0.05, 0) is 47.4 Å². The molecule has 4 N–H and O–H groups in total. The lowest BCUT2D eigenvalue weighted by Gasteiger charge is -2.29. The first kappa shape index (κ1) is 34.4. The number of benzene rings is 2. The highest BCUT2D eigenvalue weighted by atomic mass is 16.7. The third kappa shape index (κ3) is 5.77. The Hall–Kier alpha value is -5.39. The van der Waals surface area contributed by atoms with Gasteiger partial charge in [0.05, 0.1) is 53.8 Å². The maximum absolute atomic E-state index is 13.9. The van der Waals surface area contributed by atoms with Crippen molar-refractivity contribution < 1.29 is 52.6 Å². The second kappa shape index (κ2) is 13.5. The van der Waals surface area contributed by atoms with Crippen molar-refractivity contribution in [1.82, 2.24) is 9.55 Å². The highest BCUT2D eigenvalue weighted by molar-refractivity contribution is 5.93. The van der Waals surface area contributed by atoms with E-state index in [1.54, 1.807) is 22.8 Å². The molecule has 1 amide bonds. The molecule has 2 fully saturated rings. The fourth-order valence-electron chi connectivity index (χ4n) is 7.70. The lowest BCUT2D eigenvalue weighted by Crippen LogP contribution is -2.48. The lowest BCUT2D eigenvalue weighted by atomic mass is 9.90. The van der Waals surface area contributed by atoms with Gasteiger partial charge in [-0.1, -0.05) is 13.0 Å². The van der Waals surface area contributed by atoms with Gasteiger partial charge in [-0.2, -0.15) is 0 Å². The van der Waals surface area contributed by atoms with Crippen molar-refractivity contribution in [2.45, 2.75) is 82.8 Å². The van der Waals surface area contributed by atoms with Gasteiger partial charge in [-0.15, -0.1) is 0 Å². The third-order valence-electron chi connectivity index (χ3n) is 10.5. The molecule has 16 nitrogen and oxygen atoms in total. The number of aliphatic hydroxyl groups is 1. The summed E-state index contributed by atoms with van der Waals surface area (Å²) in [5.41, 5.74) is 11.0. The minimum atomic E-state index is -1.21. The van der Waals surface area contributed by atoms with Crippen LogP contribution in [0.4, 0.5) is 5.69 Å². The number of carbonyl (C=O) groups excluding carboxylic acids is 3. The smallest absolute Gasteiger partial charge is 0.313 e. The first-order valence-electron chi connectivity index (χ1n) is 17.8. The summed E-state index contributed by atoms with van der Waals surface area (Å²) in [6.45, 7) is 2.49. The molecule has 9 rings (SSSR count). The van der Waals surface area contributed by atoms with E-state index in [2.05, 4.69) is 5.32 Å². The summed E-state index contributed by atoms with van der Waals surface area (Å²) in [4.78, 5) is 55.7. The Labute approximate surface area is 307 Å². The van der Waals surface area contributed by atoms with Crippen LogP contribution in [0.25, 0.3) is 22.3 Å². The van der Waals surface area contributed by atoms with Crippen molar-refractivity contribution in [2.24, 2.45) is 5.73 Å². The second-order valence-electron chi connectivity index (χ2n) is 13.8. The molecule has 54 heavy (non-hydrogen) atoms. The number of fused-ring (bicyclic) bond motifs is 7. The molecule has 2 saturated heterocycles. The number of nitrogens with zero attached hydrogens (tertiary/aromatic N) is 2. The van der Waals surface area contributed by atoms with E-state index in [0.29, 0.717) is 63.5 Å². The summed E-state index contributed by atoms with van der Waals surface area (Å²) < 4.78 is 41.8. The molecule has 0 radical (unpaired) electrons. The van der Waals surface area contributed by atoms with E-state index >= 15 is 0 Å². The Morgan fingerprint density at radius 2 is 1.91 bits per heavy atom. The number of amides is 1. The molecule has 280 valence electrons. The number of cyclic esters (lactones) is 1. The minimum absolute atomic E-state index is 0.0586. The first-order valence-corrected chi connectivity index (χ1v) is 17.8. The molecular weight excluding hydrogens is 704 g/mol. The van der Waals surface area contributed by atoms with Gasteiger partial charge in [0, 0.05) is 30.0 Å². The van der Waals surface area contributed by atoms with Crippen molar-refractivity contribution in [2.75, 3.05) is 18.7 Å². The number of epoxide rings is 1. The summed E-state index contributed by atoms with van der Waals surface area (Å²) in [6.07, 6.45) is -3.19. The van der Waals surface area contributed by atoms with Gasteiger partial charge in [-0.3, -0.25) is 14.4 Å². The number of pyridine rings is 2. The van der Waals surface area contributed by atoms with E-state index in [4.69, 9.17) is 43.9 Å². The number of nitrogens with one attached hydrogen (secondary N) is 1. The van der Waals surface area contributed by atoms with Gasteiger partial charge in [0.15, 0.2) is 17.8 Å². The van der Waals surface area contributed by atoms with Gasteiger partial charge >= 0.3 is 5.97 Å². The number of rotatable bonds is 11. The van der Waals surface area contributed by atoms with Crippen molar-refractivity contribution >= 4 is 34.8 Å². The van der Waals surface area contributed by atoms with Gasteiger partial charge < -0.3 is 58.7 Å². The van der Waals surface area contributed by atoms with Crippen molar-refractivity contribution in [3.63, 3.8) is 0 Å². The van der Waals surface area contributed by atoms with E-state index < -0.39 is 36.6 Å². The highest BCUT2D eigenvalue weighted by Gasteiger charge is 2.58. The van der Waals surface area contributed by atoms with E-state index in [-0.39, 0.29) is 69.3 Å². The lowest BCUT2D eigenvalue weighted by molar-refractivity contribution is -0.186. The zero-order valence-corrected chi connectivity index (χ0v) is 29.1. The number of nitrogens with two attached hydrogens (primary N) is 1. The van der Waals surface area contributed by atoms with Gasteiger partial charge in [0.1, 0.15) is 36.8 Å². The molecule has 16 heteroatoms. The zero-order valence-electron chi connectivity index (χ0n) is 29.1. The Kier molecular flexibility index (Phi) is 8.58. The fourth-order valence-corrected chi connectivity index (χ4v) is 7.70. The van der Waals surface area contributed by atoms with Crippen LogP contribution in [0.5, 0.6) is 17.2 Å².